The fourth-order valence-electron chi connectivity index (χ4n) is 2.74. The van der Waals surface area contributed by atoms with Crippen LogP contribution in [-0.4, -0.2) is 20.8 Å². The lowest BCUT2D eigenvalue weighted by Gasteiger charge is -2.14. The molecular weight excluding hydrogens is 304 g/mol. The van der Waals surface area contributed by atoms with Crippen molar-refractivity contribution in [3.63, 3.8) is 0 Å². The molecule has 6 nitrogen and oxygen atoms in total. The van der Waals surface area contributed by atoms with Crippen molar-refractivity contribution >= 4 is 11.6 Å². The van der Waals surface area contributed by atoms with Crippen LogP contribution >= 0.6 is 0 Å². The Kier molecular flexibility index (Phi) is 4.46. The molecule has 0 aliphatic carbocycles. The third kappa shape index (κ3) is 3.53. The normalized spacial score (nSPS) is 12.1. The van der Waals surface area contributed by atoms with Gasteiger partial charge in [0.15, 0.2) is 5.76 Å². The first kappa shape index (κ1) is 16.0. The molecule has 0 saturated carbocycles. The van der Waals surface area contributed by atoms with Gasteiger partial charge in [-0.1, -0.05) is 5.16 Å². The molecule has 1 aromatic carbocycles. The van der Waals surface area contributed by atoms with E-state index in [4.69, 9.17) is 4.52 Å². The standard InChI is InChI=1S/C18H20N4O2/c1-12-10-13(2)22(21-12)14(3)11-18(23)20-16-6-4-15(5-7-16)17-8-9-19-24-17/h4-10,14H,11H2,1-3H3,(H,20,23)/t14-/m1/s1. The first-order valence-electron chi connectivity index (χ1n) is 7.86. The van der Waals surface area contributed by atoms with E-state index in [1.54, 1.807) is 12.3 Å². The average Bonchev–Trinajstić information content (AvgIpc) is 3.17. The molecule has 0 fully saturated rings. The van der Waals surface area contributed by atoms with Crippen molar-refractivity contribution in [3.05, 3.63) is 54.0 Å². The predicted molar refractivity (Wildman–Crippen MR) is 91.6 cm³/mol. The second-order valence-electron chi connectivity index (χ2n) is 5.93. The molecule has 3 rings (SSSR count). The van der Waals surface area contributed by atoms with Crippen LogP contribution in [0.2, 0.25) is 0 Å². The predicted octanol–water partition coefficient (Wildman–Crippen LogP) is 3.74. The summed E-state index contributed by atoms with van der Waals surface area (Å²) in [7, 11) is 0. The Labute approximate surface area is 140 Å². The summed E-state index contributed by atoms with van der Waals surface area (Å²) in [5.41, 5.74) is 3.69. The molecule has 0 aliphatic heterocycles. The lowest BCUT2D eigenvalue weighted by atomic mass is 10.1. The van der Waals surface area contributed by atoms with E-state index >= 15 is 0 Å². The van der Waals surface area contributed by atoms with Gasteiger partial charge in [0.2, 0.25) is 5.91 Å². The molecule has 124 valence electrons. The highest BCUT2D eigenvalue weighted by molar-refractivity contribution is 5.91. The molecule has 2 heterocycles. The van der Waals surface area contributed by atoms with Crippen molar-refractivity contribution in [2.45, 2.75) is 33.2 Å². The van der Waals surface area contributed by atoms with Crippen molar-refractivity contribution in [3.8, 4) is 11.3 Å². The molecule has 0 bridgehead atoms. The van der Waals surface area contributed by atoms with E-state index < -0.39 is 0 Å². The molecule has 0 unspecified atom stereocenters. The molecule has 1 N–H and O–H groups in total. The fourth-order valence-corrected chi connectivity index (χ4v) is 2.74. The number of aryl methyl sites for hydroxylation is 2. The van der Waals surface area contributed by atoms with E-state index in [2.05, 4.69) is 15.6 Å². The van der Waals surface area contributed by atoms with E-state index in [1.165, 1.54) is 0 Å². The molecule has 0 radical (unpaired) electrons. The van der Waals surface area contributed by atoms with E-state index in [1.807, 2.05) is 55.8 Å². The zero-order valence-corrected chi connectivity index (χ0v) is 14.0. The van der Waals surface area contributed by atoms with Gasteiger partial charge in [0.1, 0.15) is 0 Å². The molecule has 0 saturated heterocycles. The van der Waals surface area contributed by atoms with Crippen molar-refractivity contribution in [1.29, 1.82) is 0 Å². The monoisotopic (exact) mass is 324 g/mol. The van der Waals surface area contributed by atoms with Crippen molar-refractivity contribution in [1.82, 2.24) is 14.9 Å². The van der Waals surface area contributed by atoms with Crippen LogP contribution < -0.4 is 5.32 Å². The number of hydrogen-bond donors (Lipinski definition) is 1. The summed E-state index contributed by atoms with van der Waals surface area (Å²) in [5.74, 6) is 0.661. The third-order valence-corrected chi connectivity index (χ3v) is 3.83. The van der Waals surface area contributed by atoms with Gasteiger partial charge in [-0.25, -0.2) is 0 Å². The van der Waals surface area contributed by atoms with Gasteiger partial charge in [-0.3, -0.25) is 9.48 Å². The van der Waals surface area contributed by atoms with Crippen LogP contribution in [-0.2, 0) is 4.79 Å². The Morgan fingerprint density at radius 3 is 2.58 bits per heavy atom. The minimum Gasteiger partial charge on any atom is -0.356 e. The first-order chi connectivity index (χ1) is 11.5. The summed E-state index contributed by atoms with van der Waals surface area (Å²) in [6.45, 7) is 5.94. The number of carbonyl (C=O) groups is 1. The molecule has 24 heavy (non-hydrogen) atoms. The van der Waals surface area contributed by atoms with Gasteiger partial charge in [-0.2, -0.15) is 5.10 Å². The Bertz CT molecular complexity index is 819. The largest absolute Gasteiger partial charge is 0.356 e. The van der Waals surface area contributed by atoms with Crippen LogP contribution in [0.15, 0.2) is 47.1 Å². The summed E-state index contributed by atoms with van der Waals surface area (Å²) in [4.78, 5) is 12.2. The minimum absolute atomic E-state index is 0.00664. The maximum absolute atomic E-state index is 12.2. The van der Waals surface area contributed by atoms with Crippen LogP contribution in [0, 0.1) is 13.8 Å². The molecule has 0 aliphatic rings. The van der Waals surface area contributed by atoms with Crippen LogP contribution in [0.5, 0.6) is 0 Å². The maximum Gasteiger partial charge on any atom is 0.226 e. The van der Waals surface area contributed by atoms with Crippen LogP contribution in [0.25, 0.3) is 11.3 Å². The van der Waals surface area contributed by atoms with Crippen LogP contribution in [0.1, 0.15) is 30.8 Å². The number of carbonyl (C=O) groups excluding carboxylic acids is 1. The van der Waals surface area contributed by atoms with Crippen molar-refractivity contribution < 1.29 is 9.32 Å². The summed E-state index contributed by atoms with van der Waals surface area (Å²) < 4.78 is 7.00. The maximum atomic E-state index is 12.2. The lowest BCUT2D eigenvalue weighted by molar-refractivity contribution is -0.116. The minimum atomic E-state index is -0.0394. The molecule has 3 aromatic rings. The number of anilines is 1. The van der Waals surface area contributed by atoms with Gasteiger partial charge in [-0.05, 0) is 51.1 Å². The second-order valence-corrected chi connectivity index (χ2v) is 5.93. The zero-order valence-electron chi connectivity index (χ0n) is 14.0. The highest BCUT2D eigenvalue weighted by atomic mass is 16.5. The van der Waals surface area contributed by atoms with Crippen molar-refractivity contribution in [2.75, 3.05) is 5.32 Å². The smallest absolute Gasteiger partial charge is 0.226 e. The van der Waals surface area contributed by atoms with Gasteiger partial charge in [0.05, 0.1) is 17.9 Å². The Morgan fingerprint density at radius 2 is 2.00 bits per heavy atom. The molecule has 0 spiro atoms. The molecule has 2 aromatic heterocycles. The van der Waals surface area contributed by atoms with Gasteiger partial charge in [0, 0.05) is 29.4 Å². The molecule has 6 heteroatoms. The van der Waals surface area contributed by atoms with Gasteiger partial charge in [-0.15, -0.1) is 0 Å². The molecular formula is C18H20N4O2. The average molecular weight is 324 g/mol. The number of rotatable bonds is 5. The van der Waals surface area contributed by atoms with Gasteiger partial charge >= 0.3 is 0 Å². The number of nitrogens with zero attached hydrogens (tertiary/aromatic N) is 3. The Morgan fingerprint density at radius 1 is 1.25 bits per heavy atom. The van der Waals surface area contributed by atoms with Gasteiger partial charge < -0.3 is 9.84 Å². The highest BCUT2D eigenvalue weighted by Crippen LogP contribution is 2.21. The Balaban J connectivity index is 1.61. The van der Waals surface area contributed by atoms with Crippen LogP contribution in [0.3, 0.4) is 0 Å². The highest BCUT2D eigenvalue weighted by Gasteiger charge is 2.14. The lowest BCUT2D eigenvalue weighted by Crippen LogP contribution is -2.19. The number of hydrogen-bond acceptors (Lipinski definition) is 4. The first-order valence-corrected chi connectivity index (χ1v) is 7.86. The fraction of sp³-hybridized carbons (Fsp3) is 0.278. The third-order valence-electron chi connectivity index (χ3n) is 3.83. The van der Waals surface area contributed by atoms with Crippen LogP contribution in [0.4, 0.5) is 5.69 Å². The quantitative estimate of drug-likeness (QED) is 0.776. The SMILES string of the molecule is Cc1cc(C)n([C@H](C)CC(=O)Nc2ccc(-c3ccno3)cc2)n1. The number of aromatic nitrogens is 3. The van der Waals surface area contributed by atoms with E-state index in [0.717, 1.165) is 22.6 Å². The number of nitrogens with one attached hydrogen (secondary N) is 1. The van der Waals surface area contributed by atoms with E-state index in [-0.39, 0.29) is 11.9 Å². The topological polar surface area (TPSA) is 73.0 Å². The number of amides is 1. The summed E-state index contributed by atoms with van der Waals surface area (Å²) in [6, 6.07) is 11.3. The Hall–Kier alpha value is -2.89. The van der Waals surface area contributed by atoms with Crippen molar-refractivity contribution in [2.24, 2.45) is 0 Å². The summed E-state index contributed by atoms with van der Waals surface area (Å²) >= 11 is 0. The molecule has 1 amide bonds. The summed E-state index contributed by atoms with van der Waals surface area (Å²) in [5, 5.41) is 11.0. The summed E-state index contributed by atoms with van der Waals surface area (Å²) in [6.07, 6.45) is 1.97. The molecule has 1 atom stereocenters. The van der Waals surface area contributed by atoms with Gasteiger partial charge in [0.25, 0.3) is 0 Å². The second kappa shape index (κ2) is 6.70. The van der Waals surface area contributed by atoms with E-state index in [9.17, 15) is 4.79 Å². The van der Waals surface area contributed by atoms with E-state index in [0.29, 0.717) is 12.2 Å². The number of benzene rings is 1. The zero-order chi connectivity index (χ0) is 17.1.